The summed E-state index contributed by atoms with van der Waals surface area (Å²) in [5, 5.41) is 3.91. The lowest BCUT2D eigenvalue weighted by Gasteiger charge is -2.51. The average molecular weight is 313 g/mol. The Labute approximate surface area is 134 Å². The number of likely N-dealkylation sites (N-methyl/N-ethyl adjacent to an activating group) is 1. The Kier molecular flexibility index (Phi) is 5.52. The molecule has 0 bridgehead atoms. The van der Waals surface area contributed by atoms with Crippen molar-refractivity contribution in [2.45, 2.75) is 63.1 Å². The molecule has 2 heterocycles. The Morgan fingerprint density at radius 3 is 2.95 bits per heavy atom. The molecule has 3 fully saturated rings. The molecular weight excluding hydrogens is 280 g/mol. The summed E-state index contributed by atoms with van der Waals surface area (Å²) < 4.78 is 6.15. The third-order valence-electron chi connectivity index (χ3n) is 5.79. The van der Waals surface area contributed by atoms with Crippen LogP contribution in [0, 0.1) is 5.92 Å². The van der Waals surface area contributed by atoms with E-state index in [1.54, 1.807) is 0 Å². The first-order valence-corrected chi connectivity index (χ1v) is 10.0. The largest absolute Gasteiger partial charge is 0.375 e. The zero-order valence-corrected chi connectivity index (χ0v) is 14.6. The van der Waals surface area contributed by atoms with Gasteiger partial charge in [-0.2, -0.15) is 11.8 Å². The van der Waals surface area contributed by atoms with E-state index in [0.29, 0.717) is 12.1 Å². The summed E-state index contributed by atoms with van der Waals surface area (Å²) in [6.07, 6.45) is 7.76. The Bertz CT molecular complexity index is 335. The van der Waals surface area contributed by atoms with E-state index in [2.05, 4.69) is 35.9 Å². The molecule has 0 aromatic heterocycles. The van der Waals surface area contributed by atoms with Gasteiger partial charge in [0.15, 0.2) is 0 Å². The standard InChI is InChI=1S/C17H32N2OS/c1-3-8-18-16(15-13-21-11-9-19(15)2)14-5-10-20-17(12-14)6-4-7-17/h14-16,18H,3-13H2,1-2H3. The van der Waals surface area contributed by atoms with Crippen LogP contribution in [0.25, 0.3) is 0 Å². The predicted octanol–water partition coefficient (Wildman–Crippen LogP) is 2.75. The fourth-order valence-electron chi connectivity index (χ4n) is 4.30. The Hall–Kier alpha value is 0.230. The second kappa shape index (κ2) is 7.20. The number of rotatable bonds is 5. The van der Waals surface area contributed by atoms with E-state index < -0.39 is 0 Å². The van der Waals surface area contributed by atoms with Crippen LogP contribution in [-0.4, -0.2) is 60.8 Å². The van der Waals surface area contributed by atoms with Crippen molar-refractivity contribution in [2.75, 3.05) is 38.2 Å². The molecule has 3 unspecified atom stereocenters. The van der Waals surface area contributed by atoms with Crippen LogP contribution in [0.4, 0.5) is 0 Å². The third-order valence-corrected chi connectivity index (χ3v) is 6.84. The maximum absolute atomic E-state index is 6.15. The van der Waals surface area contributed by atoms with E-state index in [0.717, 1.165) is 19.1 Å². The summed E-state index contributed by atoms with van der Waals surface area (Å²) in [6.45, 7) is 5.66. The third kappa shape index (κ3) is 3.60. The first kappa shape index (κ1) is 16.1. The van der Waals surface area contributed by atoms with Gasteiger partial charge in [-0.1, -0.05) is 6.92 Å². The molecular formula is C17H32N2OS. The maximum Gasteiger partial charge on any atom is 0.0685 e. The molecule has 0 radical (unpaired) electrons. The first-order chi connectivity index (χ1) is 10.2. The number of nitrogens with zero attached hydrogens (tertiary/aromatic N) is 1. The molecule has 1 aliphatic carbocycles. The topological polar surface area (TPSA) is 24.5 Å². The van der Waals surface area contributed by atoms with E-state index in [4.69, 9.17) is 4.74 Å². The van der Waals surface area contributed by atoms with Gasteiger partial charge < -0.3 is 15.0 Å². The molecule has 1 N–H and O–H groups in total. The molecule has 1 saturated carbocycles. The highest BCUT2D eigenvalue weighted by molar-refractivity contribution is 7.99. The molecule has 0 aromatic carbocycles. The number of hydrogen-bond donors (Lipinski definition) is 1. The van der Waals surface area contributed by atoms with Crippen LogP contribution in [-0.2, 0) is 4.74 Å². The van der Waals surface area contributed by atoms with Gasteiger partial charge in [0.2, 0.25) is 0 Å². The molecule has 2 aliphatic heterocycles. The second-order valence-corrected chi connectivity index (χ2v) is 8.39. The fourth-order valence-corrected chi connectivity index (χ4v) is 5.59. The molecule has 3 aliphatic rings. The van der Waals surface area contributed by atoms with E-state index in [1.165, 1.54) is 56.6 Å². The summed E-state index contributed by atoms with van der Waals surface area (Å²) in [4.78, 5) is 2.60. The number of thioether (sulfide) groups is 1. The van der Waals surface area contributed by atoms with Gasteiger partial charge >= 0.3 is 0 Å². The fraction of sp³-hybridized carbons (Fsp3) is 1.00. The van der Waals surface area contributed by atoms with E-state index in [9.17, 15) is 0 Å². The lowest BCUT2D eigenvalue weighted by atomic mass is 9.69. The summed E-state index contributed by atoms with van der Waals surface area (Å²) in [5.74, 6) is 3.39. The lowest BCUT2D eigenvalue weighted by Crippen LogP contribution is -2.59. The van der Waals surface area contributed by atoms with Crippen molar-refractivity contribution in [3.8, 4) is 0 Å². The Morgan fingerprint density at radius 2 is 2.29 bits per heavy atom. The van der Waals surface area contributed by atoms with E-state index in [1.807, 2.05) is 0 Å². The van der Waals surface area contributed by atoms with E-state index in [-0.39, 0.29) is 5.60 Å². The highest BCUT2D eigenvalue weighted by Crippen LogP contribution is 2.45. The molecule has 3 rings (SSSR count). The summed E-state index contributed by atoms with van der Waals surface area (Å²) in [7, 11) is 2.32. The van der Waals surface area contributed by atoms with Crippen LogP contribution in [0.15, 0.2) is 0 Å². The predicted molar refractivity (Wildman–Crippen MR) is 91.1 cm³/mol. The molecule has 4 heteroatoms. The van der Waals surface area contributed by atoms with Crippen molar-refractivity contribution in [2.24, 2.45) is 5.92 Å². The zero-order valence-electron chi connectivity index (χ0n) is 13.8. The highest BCUT2D eigenvalue weighted by atomic mass is 32.2. The summed E-state index contributed by atoms with van der Waals surface area (Å²) in [6, 6.07) is 1.36. The molecule has 3 atom stereocenters. The molecule has 122 valence electrons. The van der Waals surface area contributed by atoms with Crippen LogP contribution in [0.2, 0.25) is 0 Å². The van der Waals surface area contributed by atoms with Gasteiger partial charge in [-0.25, -0.2) is 0 Å². The number of hydrogen-bond acceptors (Lipinski definition) is 4. The van der Waals surface area contributed by atoms with Crippen molar-refractivity contribution in [1.82, 2.24) is 10.2 Å². The Morgan fingerprint density at radius 1 is 1.43 bits per heavy atom. The van der Waals surface area contributed by atoms with Crippen LogP contribution >= 0.6 is 11.8 Å². The first-order valence-electron chi connectivity index (χ1n) is 8.89. The van der Waals surface area contributed by atoms with Crippen LogP contribution in [0.1, 0.15) is 45.4 Å². The normalized spacial score (nSPS) is 34.6. The maximum atomic E-state index is 6.15. The highest BCUT2D eigenvalue weighted by Gasteiger charge is 2.46. The average Bonchev–Trinajstić information content (AvgIpc) is 2.48. The van der Waals surface area contributed by atoms with Gasteiger partial charge in [-0.3, -0.25) is 0 Å². The smallest absolute Gasteiger partial charge is 0.0685 e. The van der Waals surface area contributed by atoms with Crippen molar-refractivity contribution in [3.63, 3.8) is 0 Å². The monoisotopic (exact) mass is 312 g/mol. The van der Waals surface area contributed by atoms with Gasteiger partial charge in [0.1, 0.15) is 0 Å². The van der Waals surface area contributed by atoms with Gasteiger partial charge in [-0.15, -0.1) is 0 Å². The minimum absolute atomic E-state index is 0.273. The van der Waals surface area contributed by atoms with Gasteiger partial charge in [-0.05, 0) is 58.0 Å². The van der Waals surface area contributed by atoms with E-state index >= 15 is 0 Å². The minimum atomic E-state index is 0.273. The minimum Gasteiger partial charge on any atom is -0.375 e. The molecule has 3 nitrogen and oxygen atoms in total. The van der Waals surface area contributed by atoms with Crippen molar-refractivity contribution < 1.29 is 4.74 Å². The molecule has 2 saturated heterocycles. The summed E-state index contributed by atoms with van der Waals surface area (Å²) in [5.41, 5.74) is 0.273. The van der Waals surface area contributed by atoms with Gasteiger partial charge in [0.25, 0.3) is 0 Å². The van der Waals surface area contributed by atoms with Gasteiger partial charge in [0, 0.05) is 36.7 Å². The SMILES string of the molecule is CCCNC(C1CCOC2(CCC2)C1)C1CSCCN1C. The van der Waals surface area contributed by atoms with Crippen molar-refractivity contribution in [3.05, 3.63) is 0 Å². The number of nitrogens with one attached hydrogen (secondary N) is 1. The Balaban J connectivity index is 1.68. The molecule has 21 heavy (non-hydrogen) atoms. The quantitative estimate of drug-likeness (QED) is 0.844. The lowest BCUT2D eigenvalue weighted by molar-refractivity contribution is -0.149. The van der Waals surface area contributed by atoms with Crippen LogP contribution in [0.5, 0.6) is 0 Å². The van der Waals surface area contributed by atoms with Gasteiger partial charge in [0.05, 0.1) is 5.60 Å². The second-order valence-electron chi connectivity index (χ2n) is 7.24. The van der Waals surface area contributed by atoms with Crippen molar-refractivity contribution in [1.29, 1.82) is 0 Å². The van der Waals surface area contributed by atoms with Crippen LogP contribution < -0.4 is 5.32 Å². The van der Waals surface area contributed by atoms with Crippen LogP contribution in [0.3, 0.4) is 0 Å². The zero-order chi connectivity index (χ0) is 14.7. The molecule has 0 amide bonds. The molecule has 0 aromatic rings. The number of ether oxygens (including phenoxy) is 1. The summed E-state index contributed by atoms with van der Waals surface area (Å²) >= 11 is 2.14. The van der Waals surface area contributed by atoms with Crippen molar-refractivity contribution >= 4 is 11.8 Å². The molecule has 1 spiro atoms.